The molecule has 0 saturated carbocycles. The Morgan fingerprint density at radius 2 is 0.822 bits per heavy atom. The van der Waals surface area contributed by atoms with Gasteiger partial charge in [-0.2, -0.15) is 15.0 Å². The highest BCUT2D eigenvalue weighted by molar-refractivity contribution is 5.40. The first-order chi connectivity index (χ1) is 33.1. The second-order valence-electron chi connectivity index (χ2n) is 31.6. The van der Waals surface area contributed by atoms with E-state index in [1.165, 1.54) is 96.6 Å². The minimum absolute atomic E-state index is 0.0476. The van der Waals surface area contributed by atoms with Gasteiger partial charge in [-0.15, -0.1) is 0 Å². The Labute approximate surface area is 452 Å². The number of aromatic nitrogens is 3. The lowest BCUT2D eigenvalue weighted by molar-refractivity contribution is 0.0805. The number of nitrogens with one attached hydrogen (secondary N) is 7. The lowest BCUT2D eigenvalue weighted by Crippen LogP contribution is -2.62. The molecule has 0 unspecified atom stereocenters. The zero-order valence-corrected chi connectivity index (χ0v) is 52.4. The maximum Gasteiger partial charge on any atom is 0.230 e. The number of unbranched alkanes of at least 4 members (excludes halogenated alkanes) is 6. The van der Waals surface area contributed by atoms with Gasteiger partial charge in [-0.25, -0.2) is 0 Å². The van der Waals surface area contributed by atoms with Crippen molar-refractivity contribution in [2.24, 2.45) is 5.41 Å². The van der Waals surface area contributed by atoms with Crippen molar-refractivity contribution in [3.05, 3.63) is 5.82 Å². The Morgan fingerprint density at radius 3 is 1.22 bits per heavy atom. The number of piperidine rings is 4. The van der Waals surface area contributed by atoms with Crippen molar-refractivity contribution in [3.63, 3.8) is 0 Å². The van der Waals surface area contributed by atoms with Crippen LogP contribution >= 0.6 is 0 Å². The third-order valence-corrected chi connectivity index (χ3v) is 15.8. The largest absolute Gasteiger partial charge is 0.349 e. The van der Waals surface area contributed by atoms with Crippen molar-refractivity contribution in [1.82, 2.24) is 51.8 Å². The fourth-order valence-electron chi connectivity index (χ4n) is 15.2. The maximum atomic E-state index is 5.08. The van der Waals surface area contributed by atoms with Gasteiger partial charge < -0.3 is 47.0 Å². The summed E-state index contributed by atoms with van der Waals surface area (Å²) in [5.74, 6) is 2.29. The minimum Gasteiger partial charge on any atom is -0.349 e. The summed E-state index contributed by atoms with van der Waals surface area (Å²) in [5, 5.41) is 26.6. The van der Waals surface area contributed by atoms with Crippen molar-refractivity contribution < 1.29 is 0 Å². The van der Waals surface area contributed by atoms with Crippen LogP contribution in [0.5, 0.6) is 0 Å². The van der Waals surface area contributed by atoms with Crippen LogP contribution in [0.3, 0.4) is 0 Å². The van der Waals surface area contributed by atoms with E-state index in [1.807, 2.05) is 6.92 Å². The predicted octanol–water partition coefficient (Wildman–Crippen LogP) is 12.1. The molecule has 0 atom stereocenters. The molecule has 12 heteroatoms. The van der Waals surface area contributed by atoms with E-state index in [4.69, 9.17) is 15.0 Å². The highest BCUT2D eigenvalue weighted by atomic mass is 15.3. The Balaban J connectivity index is 0.000000345. The second kappa shape index (κ2) is 25.0. The number of hydrogen-bond acceptors (Lipinski definition) is 12. The number of rotatable bonds is 22. The normalized spacial score (nSPS) is 23.9. The Kier molecular flexibility index (Phi) is 21.9. The van der Waals surface area contributed by atoms with Crippen LogP contribution in [0.15, 0.2) is 0 Å². The fourth-order valence-corrected chi connectivity index (χ4v) is 15.2. The highest BCUT2D eigenvalue weighted by Gasteiger charge is 2.43. The van der Waals surface area contributed by atoms with Gasteiger partial charge in [0, 0.05) is 80.6 Å². The van der Waals surface area contributed by atoms with Gasteiger partial charge in [0.15, 0.2) is 0 Å². The second-order valence-corrected chi connectivity index (χ2v) is 31.6. The van der Waals surface area contributed by atoms with Crippen molar-refractivity contribution >= 4 is 11.9 Å². The van der Waals surface area contributed by atoms with Gasteiger partial charge in [0.2, 0.25) is 11.9 Å². The van der Waals surface area contributed by atoms with Crippen LogP contribution in [-0.4, -0.2) is 127 Å². The van der Waals surface area contributed by atoms with Crippen LogP contribution in [0, 0.1) is 12.3 Å². The molecule has 12 nitrogen and oxygen atoms in total. The maximum absolute atomic E-state index is 5.08. The van der Waals surface area contributed by atoms with Crippen molar-refractivity contribution in [1.29, 1.82) is 0 Å². The Hall–Kier alpha value is -1.67. The SMILES string of the molecule is CN(CCCCCCNC1CC(C)(C)NC(C)(C)C1)C1CC(C)(C)NC(C)(C)C1.Cc1nc(NC(C)(C)CC(C)(C)C)nc(N(CCCCCCNC2CC(C)(C)NC(C)(C)C2)C2CC(C)(C)NC(C)(C)C2)n1. The van der Waals surface area contributed by atoms with E-state index in [1.54, 1.807) is 0 Å². The van der Waals surface area contributed by atoms with Gasteiger partial charge >= 0.3 is 0 Å². The summed E-state index contributed by atoms with van der Waals surface area (Å²) in [7, 11) is 2.34. The predicted molar refractivity (Wildman–Crippen MR) is 317 cm³/mol. The van der Waals surface area contributed by atoms with Crippen LogP contribution in [0.1, 0.15) is 260 Å². The molecule has 0 amide bonds. The van der Waals surface area contributed by atoms with Crippen molar-refractivity contribution in [2.75, 3.05) is 43.4 Å². The Morgan fingerprint density at radius 1 is 0.466 bits per heavy atom. The molecule has 0 spiro atoms. The van der Waals surface area contributed by atoms with Gasteiger partial charge in [0.05, 0.1) is 0 Å². The van der Waals surface area contributed by atoms with Gasteiger partial charge in [0.25, 0.3) is 0 Å². The topological polar surface area (TPSA) is 129 Å². The first kappa shape index (κ1) is 63.9. The molecule has 4 aliphatic heterocycles. The van der Waals surface area contributed by atoms with E-state index in [-0.39, 0.29) is 55.3 Å². The van der Waals surface area contributed by atoms with Gasteiger partial charge in [-0.1, -0.05) is 46.5 Å². The van der Waals surface area contributed by atoms with Crippen LogP contribution in [0.4, 0.5) is 11.9 Å². The summed E-state index contributed by atoms with van der Waals surface area (Å²) in [6.07, 6.45) is 20.6. The van der Waals surface area contributed by atoms with Crippen molar-refractivity contribution in [3.8, 4) is 0 Å². The Bertz CT molecular complexity index is 1760. The first-order valence-corrected chi connectivity index (χ1v) is 29.7. The summed E-state index contributed by atoms with van der Waals surface area (Å²) in [6, 6.07) is 2.31. The summed E-state index contributed by atoms with van der Waals surface area (Å²) in [4.78, 5) is 19.9. The molecular weight excluding hydrogens is 901 g/mol. The average Bonchev–Trinajstić information content (AvgIpc) is 3.12. The van der Waals surface area contributed by atoms with Crippen LogP contribution < -0.4 is 42.1 Å². The number of hydrogen-bond donors (Lipinski definition) is 7. The first-order valence-electron chi connectivity index (χ1n) is 29.7. The number of nitrogens with zero attached hydrogens (tertiary/aromatic N) is 5. The average molecular weight is 1020 g/mol. The third kappa shape index (κ3) is 23.9. The lowest BCUT2D eigenvalue weighted by atomic mass is 9.79. The quantitative estimate of drug-likeness (QED) is 0.0559. The highest BCUT2D eigenvalue weighted by Crippen LogP contribution is 2.36. The summed E-state index contributed by atoms with van der Waals surface area (Å²) in [5.41, 5.74) is 1.50. The molecule has 0 aromatic carbocycles. The van der Waals surface area contributed by atoms with Gasteiger partial charge in [-0.05, 0) is 247 Å². The van der Waals surface area contributed by atoms with E-state index < -0.39 is 0 Å². The molecule has 5 heterocycles. The molecular formula is C61H122N12. The van der Waals surface area contributed by atoms with E-state index in [9.17, 15) is 0 Å². The molecule has 1 aromatic heterocycles. The monoisotopic (exact) mass is 1020 g/mol. The molecule has 4 saturated heterocycles. The molecule has 0 radical (unpaired) electrons. The molecule has 5 rings (SSSR count). The van der Waals surface area contributed by atoms with E-state index in [0.29, 0.717) is 30.1 Å². The smallest absolute Gasteiger partial charge is 0.230 e. The van der Waals surface area contributed by atoms with E-state index in [0.717, 1.165) is 50.5 Å². The van der Waals surface area contributed by atoms with E-state index >= 15 is 0 Å². The molecule has 426 valence electrons. The summed E-state index contributed by atoms with van der Waals surface area (Å²) in [6.45, 7) is 55.2. The fraction of sp³-hybridized carbons (Fsp3) is 0.951. The van der Waals surface area contributed by atoms with Crippen molar-refractivity contribution in [2.45, 2.75) is 335 Å². The number of anilines is 2. The van der Waals surface area contributed by atoms with Crippen LogP contribution in [-0.2, 0) is 0 Å². The molecule has 73 heavy (non-hydrogen) atoms. The number of aryl methyl sites for hydroxylation is 1. The molecule has 4 fully saturated rings. The third-order valence-electron chi connectivity index (χ3n) is 15.8. The molecule has 7 N–H and O–H groups in total. The lowest BCUT2D eigenvalue weighted by Gasteiger charge is -2.49. The molecule has 0 aliphatic carbocycles. The minimum atomic E-state index is -0.124. The van der Waals surface area contributed by atoms with E-state index in [2.05, 4.69) is 199 Å². The zero-order valence-electron chi connectivity index (χ0n) is 52.4. The summed E-state index contributed by atoms with van der Waals surface area (Å²) >= 11 is 0. The standard InChI is InChI=1S/C36H70N8.C25H52N4/c1-26-38-29(41-36(13,14)25-31(2,3)4)40-30(39-26)44(28-23-34(9,10)43-35(11,12)24-28)20-18-16-15-17-19-37-27-21-32(5,6)42-33(7,8)22-27;1-22(2)16-20(17-23(3,4)27-22)26-14-12-10-11-13-15-29(9)21-18-24(5,6)28-25(7,8)19-21/h27-28,37,42-43H,15-25H2,1-14H3,(H,38,39,40,41);20-21,26-28H,10-19H2,1-9H3. The van der Waals surface area contributed by atoms with Gasteiger partial charge in [0.1, 0.15) is 5.82 Å². The molecule has 4 aliphatic rings. The molecule has 1 aromatic rings. The zero-order chi connectivity index (χ0) is 55.1. The van der Waals surface area contributed by atoms with Crippen LogP contribution in [0.25, 0.3) is 0 Å². The summed E-state index contributed by atoms with van der Waals surface area (Å²) < 4.78 is 0. The molecule has 0 bridgehead atoms. The van der Waals surface area contributed by atoms with Crippen LogP contribution in [0.2, 0.25) is 0 Å². The van der Waals surface area contributed by atoms with Gasteiger partial charge in [-0.3, -0.25) is 0 Å².